The molecule has 0 fully saturated rings. The van der Waals surface area contributed by atoms with E-state index in [0.29, 0.717) is 0 Å². The van der Waals surface area contributed by atoms with Crippen LogP contribution in [0.2, 0.25) is 1.41 Å². The molecule has 0 spiro atoms. The number of hydrogen-bond acceptors (Lipinski definition) is 3. The van der Waals surface area contributed by atoms with E-state index in [-0.39, 0.29) is 5.31 Å². The van der Waals surface area contributed by atoms with E-state index in [2.05, 4.69) is 0 Å². The zero-order valence-electron chi connectivity index (χ0n) is 56.3. The lowest BCUT2D eigenvalue weighted by Crippen LogP contribution is -1.94. The molecule has 0 saturated heterocycles. The molecule has 240 valence electrons. The summed E-state index contributed by atoms with van der Waals surface area (Å²) >= 11 is 0. The van der Waals surface area contributed by atoms with Crippen molar-refractivity contribution in [2.45, 2.75) is 0 Å². The topological polar surface area (TPSA) is 38.3 Å². The van der Waals surface area contributed by atoms with Crippen LogP contribution in [0.3, 0.4) is 0 Å². The first kappa shape index (κ1) is 11.6. The molecule has 3 heteroatoms. The largest absolute Gasteiger partial charge is 0.456 e. The highest BCUT2D eigenvalue weighted by molar-refractivity contribution is 6.23. The molecule has 2 aromatic heterocycles. The Hall–Kier alpha value is -6.84. The summed E-state index contributed by atoms with van der Waals surface area (Å²) in [6, 6.07) is -29.4. The summed E-state index contributed by atoms with van der Waals surface area (Å²) < 4.78 is 287. The Balaban J connectivity index is 1.37. The molecule has 0 aliphatic carbocycles. The van der Waals surface area contributed by atoms with Gasteiger partial charge in [-0.2, -0.15) is 0 Å². The molecule has 0 aliphatic rings. The predicted octanol–water partition coefficient (Wildman–Crippen LogP) is 13.9. The molecular weight excluding hydrogens is 623 g/mol. The van der Waals surface area contributed by atoms with Crippen LogP contribution >= 0.6 is 0 Å². The van der Waals surface area contributed by atoms with Crippen LogP contribution in [0.5, 0.6) is 0 Å². The molecule has 8 aromatic carbocycles. The van der Waals surface area contributed by atoms with Crippen LogP contribution in [0, 0.1) is 0 Å². The molecule has 3 nitrogen and oxygen atoms in total. The van der Waals surface area contributed by atoms with E-state index in [9.17, 15) is 16.5 Å². The average Bonchev–Trinajstić information content (AvgIpc) is 1.56. The molecule has 0 bridgehead atoms. The summed E-state index contributed by atoms with van der Waals surface area (Å²) in [5, 5.41) is -2.24. The molecule has 51 heavy (non-hydrogen) atoms. The molecule has 10 rings (SSSR count). The maximum absolute atomic E-state index is 9.65. The Bertz CT molecular complexity index is 4540. The van der Waals surface area contributed by atoms with Gasteiger partial charge in [0.25, 0.3) is 0 Å². The molecule has 0 saturated carbocycles. The van der Waals surface area contributed by atoms with Crippen LogP contribution in [0.1, 0.15) is 41.1 Å². The van der Waals surface area contributed by atoms with E-state index in [1.165, 1.54) is 0 Å². The van der Waals surface area contributed by atoms with Crippen LogP contribution in [-0.2, 0) is 0 Å². The van der Waals surface area contributed by atoms with Gasteiger partial charge < -0.3 is 14.1 Å². The lowest BCUT2D eigenvalue weighted by molar-refractivity contribution is 0.665. The Morgan fingerprint density at radius 3 is 1.76 bits per heavy atom. The zero-order valence-corrected chi connectivity index (χ0v) is 25.3. The van der Waals surface area contributed by atoms with E-state index in [0.717, 1.165) is 0 Å². The minimum absolute atomic E-state index is 0.0357. The second-order valence-corrected chi connectivity index (χ2v) is 10.6. The highest BCUT2D eigenvalue weighted by Gasteiger charge is 2.21. The maximum atomic E-state index is 9.65. The van der Waals surface area contributed by atoms with Crippen molar-refractivity contribution < 1.29 is 51.4 Å². The van der Waals surface area contributed by atoms with Crippen molar-refractivity contribution in [2.75, 3.05) is 5.31 Å². The average molecular weight is 685 g/mol. The lowest BCUT2D eigenvalue weighted by Gasteiger charge is -2.15. The van der Waals surface area contributed by atoms with Crippen LogP contribution in [0.15, 0.2) is 190 Å². The Kier molecular flexibility index (Phi) is 2.72. The molecule has 0 radical (unpaired) electrons. The fourth-order valence-electron chi connectivity index (χ4n) is 5.45. The SMILES string of the molecule is [2H]c1c([2H])c([2H])c(-c2c([2H])c([2H])c(-c3c4oc5c([2H])c(N([2H])c6c([2H])c([2H])c(-c7c([2H])c([2H])c([2H])c([2H])c7[2H])c([2H])c6-c6c([2H])c([2H])c([2H])c([2H])c6[2H])c([2H])c([2H])c5c4c([2H])c4oc5c([2H])c([2H])c([2H])c([2H])c5c34)c([2H])c2[2H])c([2H])c1[2H]. The van der Waals surface area contributed by atoms with Gasteiger partial charge in [-0.1, -0.05) is 139 Å². The van der Waals surface area contributed by atoms with Crippen molar-refractivity contribution >= 4 is 55.3 Å². The fraction of sp³-hybridized carbons (Fsp3) is 0. The first-order valence-electron chi connectivity index (χ1n) is 30.2. The van der Waals surface area contributed by atoms with Crippen LogP contribution < -0.4 is 5.31 Å². The number of furan rings is 2. The quantitative estimate of drug-likeness (QED) is 0.189. The second kappa shape index (κ2) is 11.9. The maximum Gasteiger partial charge on any atom is 0.167 e. The molecule has 0 amide bonds. The zero-order chi connectivity index (χ0) is 60.7. The van der Waals surface area contributed by atoms with Crippen molar-refractivity contribution in [3.05, 3.63) is 181 Å². The van der Waals surface area contributed by atoms with Crippen molar-refractivity contribution in [1.29, 1.82) is 0 Å². The second-order valence-electron chi connectivity index (χ2n) is 10.6. The van der Waals surface area contributed by atoms with Gasteiger partial charge in [-0.25, -0.2) is 0 Å². The standard InChI is InChI=1S/C48H31NO2/c1-4-12-31(13-5-1)33-20-22-35(23-21-33)46-47-39-18-10-11-19-43(39)50-45(47)30-41-38-26-25-37(29-44(38)51-48(41)46)49-42-27-24-36(32-14-6-2-7-15-32)28-40(42)34-16-8-3-9-17-34/h1-30,49H/i1D,2D,3D,4D,5D,6D,7D,8D,9D,10D,11D,12D,13D,14D,15D,16D,17D,18D,19D,20D,21D,22D,23D,24D,25D,26D,27D,28D,29D,30D/hD. The molecule has 10 aromatic rings. The van der Waals surface area contributed by atoms with Gasteiger partial charge in [0.05, 0.1) is 41.1 Å². The highest BCUT2D eigenvalue weighted by Crippen LogP contribution is 2.46. The van der Waals surface area contributed by atoms with Gasteiger partial charge >= 0.3 is 0 Å². The molecule has 2 heterocycles. The van der Waals surface area contributed by atoms with Gasteiger partial charge in [-0.3, -0.25) is 0 Å². The summed E-state index contributed by atoms with van der Waals surface area (Å²) in [6.45, 7) is 0. The van der Waals surface area contributed by atoms with Crippen LogP contribution in [0.25, 0.3) is 88.4 Å². The first-order chi connectivity index (χ1) is 38.2. The predicted molar refractivity (Wildman–Crippen MR) is 212 cm³/mol. The number of nitrogens with one attached hydrogen (secondary N) is 1. The van der Waals surface area contributed by atoms with E-state index < -0.39 is 281 Å². The number of rotatable bonds is 6. The number of anilines is 2. The van der Waals surface area contributed by atoms with Crippen molar-refractivity contribution in [3.63, 3.8) is 0 Å². The molecule has 0 unspecified atom stereocenters. The summed E-state index contributed by atoms with van der Waals surface area (Å²) in [5.41, 5.74) is -11.6. The monoisotopic (exact) mass is 684 g/mol. The van der Waals surface area contributed by atoms with E-state index in [4.69, 9.17) is 34.9 Å². The molecule has 1 N–H and O–H groups in total. The van der Waals surface area contributed by atoms with Gasteiger partial charge in [0, 0.05) is 50.1 Å². The minimum Gasteiger partial charge on any atom is -0.456 e. The van der Waals surface area contributed by atoms with Crippen molar-refractivity contribution in [2.24, 2.45) is 0 Å². The third kappa shape index (κ3) is 5.06. The third-order valence-corrected chi connectivity index (χ3v) is 7.64. The number of hydrogen-bond donors (Lipinski definition) is 1. The van der Waals surface area contributed by atoms with Gasteiger partial charge in [0.1, 0.15) is 22.3 Å². The van der Waals surface area contributed by atoms with Crippen LogP contribution in [0.4, 0.5) is 11.4 Å². The summed E-state index contributed by atoms with van der Waals surface area (Å²) in [5.74, 6) is 0. The lowest BCUT2D eigenvalue weighted by atomic mass is 9.95. The minimum atomic E-state index is -1.22. The number of para-hydroxylation sites is 1. The number of benzene rings is 8. The molecular formula is C48H31NO2. The highest BCUT2D eigenvalue weighted by atomic mass is 16.3. The van der Waals surface area contributed by atoms with Crippen molar-refractivity contribution in [1.82, 2.24) is 0 Å². The van der Waals surface area contributed by atoms with Crippen LogP contribution in [-0.4, -0.2) is 0 Å². The normalized spacial score (nSPS) is 20.0. The summed E-state index contributed by atoms with van der Waals surface area (Å²) in [4.78, 5) is 0. The van der Waals surface area contributed by atoms with Gasteiger partial charge in [0.2, 0.25) is 0 Å². The summed E-state index contributed by atoms with van der Waals surface area (Å²) in [6.07, 6.45) is 0. The molecule has 0 atom stereocenters. The van der Waals surface area contributed by atoms with E-state index in [1.54, 1.807) is 0 Å². The summed E-state index contributed by atoms with van der Waals surface area (Å²) in [7, 11) is 0. The van der Waals surface area contributed by atoms with Crippen molar-refractivity contribution in [3.8, 4) is 44.5 Å². The molecule has 0 aliphatic heterocycles. The third-order valence-electron chi connectivity index (χ3n) is 7.64. The smallest absolute Gasteiger partial charge is 0.167 e. The first-order valence-corrected chi connectivity index (χ1v) is 14.8. The Morgan fingerprint density at radius 2 is 1.02 bits per heavy atom. The fourth-order valence-corrected chi connectivity index (χ4v) is 5.45. The Morgan fingerprint density at radius 1 is 0.412 bits per heavy atom. The van der Waals surface area contributed by atoms with Gasteiger partial charge in [-0.05, 0) is 69.6 Å². The van der Waals surface area contributed by atoms with E-state index in [1.807, 2.05) is 0 Å². The van der Waals surface area contributed by atoms with Gasteiger partial charge in [0.15, 0.2) is 1.41 Å². The number of fused-ring (bicyclic) bond motifs is 6. The Labute approximate surface area is 338 Å². The van der Waals surface area contributed by atoms with E-state index >= 15 is 0 Å². The van der Waals surface area contributed by atoms with Gasteiger partial charge in [-0.15, -0.1) is 0 Å².